The third-order valence-electron chi connectivity index (χ3n) is 7.70. The Balaban J connectivity index is 1.16. The number of cyclic esters (lactones) is 1. The van der Waals surface area contributed by atoms with E-state index in [-0.39, 0.29) is 12.6 Å². The van der Waals surface area contributed by atoms with Crippen LogP contribution in [0.15, 0.2) is 42.5 Å². The first-order valence-electron chi connectivity index (χ1n) is 12.4. The van der Waals surface area contributed by atoms with E-state index in [0.717, 1.165) is 66.8 Å². The second kappa shape index (κ2) is 10.2. The zero-order valence-electron chi connectivity index (χ0n) is 19.8. The van der Waals surface area contributed by atoms with E-state index in [1.807, 2.05) is 18.2 Å². The summed E-state index contributed by atoms with van der Waals surface area (Å²) in [6.07, 6.45) is 4.07. The van der Waals surface area contributed by atoms with E-state index in [0.29, 0.717) is 24.1 Å². The Kier molecular flexibility index (Phi) is 6.88. The molecule has 2 heterocycles. The molecule has 1 aliphatic carbocycles. The van der Waals surface area contributed by atoms with Crippen LogP contribution in [0.5, 0.6) is 0 Å². The van der Waals surface area contributed by atoms with Crippen LogP contribution in [0.4, 0.5) is 18.4 Å². The van der Waals surface area contributed by atoms with E-state index in [2.05, 4.69) is 22.4 Å². The van der Waals surface area contributed by atoms with E-state index in [4.69, 9.17) is 4.74 Å². The van der Waals surface area contributed by atoms with Gasteiger partial charge in [-0.1, -0.05) is 24.3 Å². The number of urea groups is 1. The lowest BCUT2D eigenvalue weighted by Gasteiger charge is -2.35. The van der Waals surface area contributed by atoms with Gasteiger partial charge < -0.3 is 10.1 Å². The molecule has 9 heteroatoms. The third kappa shape index (κ3) is 4.78. The highest BCUT2D eigenvalue weighted by atomic mass is 19.2. The van der Waals surface area contributed by atoms with Crippen molar-refractivity contribution in [2.24, 2.45) is 0 Å². The number of imide groups is 1. The Labute approximate surface area is 208 Å². The van der Waals surface area contributed by atoms with Gasteiger partial charge in [0.25, 0.3) is 0 Å². The number of ether oxygens (including phenoxy) is 1. The monoisotopic (exact) mass is 494 g/mol. The van der Waals surface area contributed by atoms with Crippen LogP contribution in [-0.4, -0.2) is 53.7 Å². The minimum absolute atomic E-state index is 0.105. The molecule has 5 rings (SSSR count). The molecular weight excluding hydrogens is 466 g/mol. The lowest BCUT2D eigenvalue weighted by molar-refractivity contribution is 0.155. The molecule has 3 fully saturated rings. The summed E-state index contributed by atoms with van der Waals surface area (Å²) in [5, 5.41) is 12.4. The first-order chi connectivity index (χ1) is 17.4. The molecule has 0 aromatic heterocycles. The molecule has 2 atom stereocenters. The smallest absolute Gasteiger partial charge is 0.418 e. The summed E-state index contributed by atoms with van der Waals surface area (Å²) >= 11 is 0. The molecule has 188 valence electrons. The first kappa shape index (κ1) is 24.2. The van der Waals surface area contributed by atoms with Crippen LogP contribution in [0.25, 0.3) is 0 Å². The van der Waals surface area contributed by atoms with Crippen molar-refractivity contribution < 1.29 is 23.1 Å². The van der Waals surface area contributed by atoms with Gasteiger partial charge in [0.2, 0.25) is 0 Å². The van der Waals surface area contributed by atoms with Gasteiger partial charge in [0, 0.05) is 25.2 Å². The molecule has 0 bridgehead atoms. The number of carbonyl (C=O) groups excluding carboxylic acids is 2. The molecule has 2 aliphatic heterocycles. The molecule has 3 aliphatic rings. The Morgan fingerprint density at radius 3 is 2.58 bits per heavy atom. The van der Waals surface area contributed by atoms with Crippen LogP contribution in [-0.2, 0) is 4.74 Å². The van der Waals surface area contributed by atoms with Gasteiger partial charge in [0.1, 0.15) is 12.6 Å². The number of halogens is 2. The number of nitriles is 1. The van der Waals surface area contributed by atoms with Crippen molar-refractivity contribution >= 4 is 12.1 Å². The van der Waals surface area contributed by atoms with Gasteiger partial charge >= 0.3 is 12.1 Å². The van der Waals surface area contributed by atoms with Gasteiger partial charge in [-0.25, -0.2) is 23.3 Å². The van der Waals surface area contributed by atoms with E-state index in [1.165, 1.54) is 6.07 Å². The first-order valence-corrected chi connectivity index (χ1v) is 12.4. The van der Waals surface area contributed by atoms with Gasteiger partial charge in [-0.05, 0) is 67.3 Å². The van der Waals surface area contributed by atoms with Crippen molar-refractivity contribution in [1.29, 1.82) is 5.26 Å². The Bertz CT molecular complexity index is 1190. The Morgan fingerprint density at radius 2 is 1.83 bits per heavy atom. The lowest BCUT2D eigenvalue weighted by Crippen LogP contribution is -2.47. The number of hydrogen-bond acceptors (Lipinski definition) is 5. The maximum Gasteiger partial charge on any atom is 0.418 e. The zero-order valence-corrected chi connectivity index (χ0v) is 19.8. The molecule has 2 aromatic carbocycles. The van der Waals surface area contributed by atoms with Crippen molar-refractivity contribution in [2.45, 2.75) is 56.1 Å². The maximum atomic E-state index is 13.7. The second-order valence-corrected chi connectivity index (χ2v) is 9.77. The van der Waals surface area contributed by atoms with Gasteiger partial charge in [0.05, 0.1) is 11.6 Å². The highest BCUT2D eigenvalue weighted by Gasteiger charge is 2.41. The van der Waals surface area contributed by atoms with Gasteiger partial charge in [-0.2, -0.15) is 5.26 Å². The van der Waals surface area contributed by atoms with Gasteiger partial charge in [-0.3, -0.25) is 4.90 Å². The molecule has 7 nitrogen and oxygen atoms in total. The highest BCUT2D eigenvalue weighted by molar-refractivity contribution is 5.92. The van der Waals surface area contributed by atoms with E-state index in [9.17, 15) is 23.6 Å². The maximum absolute atomic E-state index is 13.7. The Morgan fingerprint density at radius 1 is 1.06 bits per heavy atom. The van der Waals surface area contributed by atoms with Crippen LogP contribution in [0.3, 0.4) is 0 Å². The molecule has 0 radical (unpaired) electrons. The van der Waals surface area contributed by atoms with Gasteiger partial charge in [0.15, 0.2) is 11.6 Å². The lowest BCUT2D eigenvalue weighted by atomic mass is 9.80. The van der Waals surface area contributed by atoms with Crippen molar-refractivity contribution in [3.63, 3.8) is 0 Å². The number of benzene rings is 2. The molecule has 2 aromatic rings. The molecule has 1 N–H and O–H groups in total. The summed E-state index contributed by atoms with van der Waals surface area (Å²) in [6.45, 7) is 1.44. The average Bonchev–Trinajstić information content (AvgIpc) is 3.52. The predicted molar refractivity (Wildman–Crippen MR) is 127 cm³/mol. The van der Waals surface area contributed by atoms with Crippen LogP contribution < -0.4 is 5.32 Å². The number of likely N-dealkylation sites (tertiary alicyclic amines) is 1. The van der Waals surface area contributed by atoms with Crippen molar-refractivity contribution in [3.05, 3.63) is 70.8 Å². The predicted octanol–water partition coefficient (Wildman–Crippen LogP) is 4.84. The number of nitrogens with one attached hydrogen (secondary N) is 1. The standard InChI is InChI=1S/C27H28F2N4O3/c28-23-10-7-18(13-24(23)29)25-16-36-27(35)33(25)26(34)31-20-11-12-32(15-20)21-8-5-17(6-9-21)22-4-2-1-3-19(22)14-30/h1-4,7,10,13,17,20-21,25H,5-6,8-9,11-12,15-16H2,(H,31,34)/t17?,20-,21?,25-/m1/s1. The van der Waals surface area contributed by atoms with Gasteiger partial charge in [-0.15, -0.1) is 0 Å². The molecule has 0 spiro atoms. The van der Waals surface area contributed by atoms with Crippen LogP contribution in [0, 0.1) is 23.0 Å². The summed E-state index contributed by atoms with van der Waals surface area (Å²) in [5.74, 6) is -1.64. The number of carbonyl (C=O) groups is 2. The fourth-order valence-electron chi connectivity index (χ4n) is 5.80. The molecule has 36 heavy (non-hydrogen) atoms. The summed E-state index contributed by atoms with van der Waals surface area (Å²) in [6, 6.07) is 12.4. The summed E-state index contributed by atoms with van der Waals surface area (Å²) in [5.41, 5.74) is 2.20. The fourth-order valence-corrected chi connectivity index (χ4v) is 5.80. The molecular formula is C27H28F2N4O3. The number of nitrogens with zero attached hydrogens (tertiary/aromatic N) is 3. The molecule has 3 amide bonds. The van der Waals surface area contributed by atoms with Crippen LogP contribution >= 0.6 is 0 Å². The summed E-state index contributed by atoms with van der Waals surface area (Å²) < 4.78 is 32.1. The topological polar surface area (TPSA) is 85.7 Å². The summed E-state index contributed by atoms with van der Waals surface area (Å²) in [7, 11) is 0. The molecule has 0 unspecified atom stereocenters. The minimum Gasteiger partial charge on any atom is -0.446 e. The van der Waals surface area contributed by atoms with E-state index in [1.54, 1.807) is 0 Å². The van der Waals surface area contributed by atoms with Crippen molar-refractivity contribution in [2.75, 3.05) is 19.7 Å². The normalized spacial score (nSPS) is 26.5. The molecule has 1 saturated carbocycles. The second-order valence-electron chi connectivity index (χ2n) is 9.77. The van der Waals surface area contributed by atoms with Crippen molar-refractivity contribution in [1.82, 2.24) is 15.1 Å². The fraction of sp³-hybridized carbons (Fsp3) is 0.444. The zero-order chi connectivity index (χ0) is 25.2. The van der Waals surface area contributed by atoms with Crippen molar-refractivity contribution in [3.8, 4) is 6.07 Å². The molecule has 2 saturated heterocycles. The SMILES string of the molecule is N#Cc1ccccc1C1CCC(N2CC[C@@H](NC(=O)N3C(=O)OC[C@@H]3c3ccc(F)c(F)c3)C2)CC1. The van der Waals surface area contributed by atoms with Crippen LogP contribution in [0.2, 0.25) is 0 Å². The number of rotatable bonds is 4. The Hall–Kier alpha value is -3.51. The summed E-state index contributed by atoms with van der Waals surface area (Å²) in [4.78, 5) is 28.6. The third-order valence-corrected chi connectivity index (χ3v) is 7.70. The van der Waals surface area contributed by atoms with E-state index >= 15 is 0 Å². The van der Waals surface area contributed by atoms with E-state index < -0.39 is 29.8 Å². The number of hydrogen-bond donors (Lipinski definition) is 1. The largest absolute Gasteiger partial charge is 0.446 e. The minimum atomic E-state index is -1.04. The average molecular weight is 495 g/mol. The quantitative estimate of drug-likeness (QED) is 0.658. The van der Waals surface area contributed by atoms with Crippen LogP contribution in [0.1, 0.15) is 60.8 Å². The number of amides is 3. The highest BCUT2D eigenvalue weighted by Crippen LogP contribution is 2.37.